The topological polar surface area (TPSA) is 56.1 Å². The van der Waals surface area contributed by atoms with Crippen molar-refractivity contribution in [1.29, 1.82) is 0 Å². The zero-order chi connectivity index (χ0) is 16.4. The highest BCUT2D eigenvalue weighted by Crippen LogP contribution is 2.38. The van der Waals surface area contributed by atoms with Crippen LogP contribution in [0, 0.1) is 12.8 Å². The van der Waals surface area contributed by atoms with Gasteiger partial charge < -0.3 is 10.1 Å². The van der Waals surface area contributed by atoms with Crippen molar-refractivity contribution in [3.63, 3.8) is 0 Å². The van der Waals surface area contributed by atoms with Crippen molar-refractivity contribution in [3.05, 3.63) is 16.4 Å². The third-order valence-corrected chi connectivity index (χ3v) is 4.51. The molecule has 124 valence electrons. The van der Waals surface area contributed by atoms with E-state index in [1.807, 2.05) is 14.0 Å². The predicted molar refractivity (Wildman–Crippen MR) is 86.9 cm³/mol. The van der Waals surface area contributed by atoms with Crippen molar-refractivity contribution in [1.82, 2.24) is 15.1 Å². The van der Waals surface area contributed by atoms with Crippen LogP contribution in [0.1, 0.15) is 57.4 Å². The Morgan fingerprint density at radius 1 is 1.50 bits per heavy atom. The molecule has 2 heterocycles. The van der Waals surface area contributed by atoms with Gasteiger partial charge in [0, 0.05) is 25.6 Å². The number of aromatic nitrogens is 2. The Bertz CT molecular complexity index is 542. The van der Waals surface area contributed by atoms with Crippen LogP contribution in [-0.2, 0) is 16.6 Å². The number of ether oxygens (including phenoxy) is 1. The first-order chi connectivity index (χ1) is 10.3. The highest BCUT2D eigenvalue weighted by atomic mass is 35.5. The Labute approximate surface area is 137 Å². The van der Waals surface area contributed by atoms with E-state index in [9.17, 15) is 4.79 Å². The minimum atomic E-state index is -0.115. The molecule has 0 aliphatic carbocycles. The van der Waals surface area contributed by atoms with E-state index in [2.05, 4.69) is 24.3 Å². The van der Waals surface area contributed by atoms with E-state index in [1.165, 1.54) is 0 Å². The molecule has 1 aromatic rings. The van der Waals surface area contributed by atoms with Crippen LogP contribution in [0.2, 0.25) is 5.15 Å². The van der Waals surface area contributed by atoms with Crippen molar-refractivity contribution >= 4 is 17.5 Å². The van der Waals surface area contributed by atoms with Gasteiger partial charge in [-0.05, 0) is 32.1 Å². The Morgan fingerprint density at radius 3 is 2.68 bits per heavy atom. The molecule has 1 fully saturated rings. The van der Waals surface area contributed by atoms with Gasteiger partial charge in [0.05, 0.1) is 17.9 Å². The van der Waals surface area contributed by atoms with Crippen LogP contribution in [-0.4, -0.2) is 27.8 Å². The Balaban J connectivity index is 2.23. The maximum Gasteiger partial charge on any atom is 0.217 e. The molecule has 0 unspecified atom stereocenters. The van der Waals surface area contributed by atoms with Crippen LogP contribution in [0.5, 0.6) is 0 Å². The van der Waals surface area contributed by atoms with Gasteiger partial charge in [-0.25, -0.2) is 0 Å². The van der Waals surface area contributed by atoms with Crippen LogP contribution in [0.4, 0.5) is 0 Å². The molecular weight excluding hydrogens is 302 g/mol. The number of carbonyl (C=O) groups is 1. The number of hydrogen-bond acceptors (Lipinski definition) is 3. The van der Waals surface area contributed by atoms with Gasteiger partial charge in [0.1, 0.15) is 5.15 Å². The maximum absolute atomic E-state index is 11.4. The molecule has 0 saturated carbocycles. The van der Waals surface area contributed by atoms with Crippen LogP contribution < -0.4 is 5.32 Å². The lowest BCUT2D eigenvalue weighted by atomic mass is 9.91. The average Bonchev–Trinajstić information content (AvgIpc) is 2.61. The molecule has 0 spiro atoms. The highest BCUT2D eigenvalue weighted by Gasteiger charge is 2.34. The van der Waals surface area contributed by atoms with E-state index in [1.54, 1.807) is 11.6 Å². The Kier molecular flexibility index (Phi) is 5.50. The minimum absolute atomic E-state index is 0.00273. The molecule has 22 heavy (non-hydrogen) atoms. The number of rotatable bonds is 4. The first kappa shape index (κ1) is 17.3. The number of halogens is 1. The van der Waals surface area contributed by atoms with Gasteiger partial charge >= 0.3 is 0 Å². The van der Waals surface area contributed by atoms with Gasteiger partial charge in [-0.1, -0.05) is 25.4 Å². The smallest absolute Gasteiger partial charge is 0.217 e. The van der Waals surface area contributed by atoms with Crippen LogP contribution in [0.15, 0.2) is 0 Å². The van der Waals surface area contributed by atoms with Crippen molar-refractivity contribution in [2.75, 3.05) is 0 Å². The van der Waals surface area contributed by atoms with Crippen molar-refractivity contribution in [2.24, 2.45) is 13.0 Å². The van der Waals surface area contributed by atoms with Gasteiger partial charge in [0.15, 0.2) is 0 Å². The Morgan fingerprint density at radius 2 is 2.18 bits per heavy atom. The Hall–Kier alpha value is -1.07. The fourth-order valence-corrected chi connectivity index (χ4v) is 3.59. The predicted octanol–water partition coefficient (Wildman–Crippen LogP) is 3.15. The summed E-state index contributed by atoms with van der Waals surface area (Å²) in [5.41, 5.74) is 1.84. The lowest BCUT2D eigenvalue weighted by molar-refractivity contribution is -0.122. The zero-order valence-corrected chi connectivity index (χ0v) is 14.8. The van der Waals surface area contributed by atoms with Crippen LogP contribution in [0.3, 0.4) is 0 Å². The quantitative estimate of drug-likeness (QED) is 0.924. The van der Waals surface area contributed by atoms with Crippen molar-refractivity contribution in [2.45, 2.75) is 65.2 Å². The van der Waals surface area contributed by atoms with Gasteiger partial charge in [-0.15, -0.1) is 0 Å². The van der Waals surface area contributed by atoms with E-state index in [0.717, 1.165) is 30.5 Å². The molecule has 0 aromatic carbocycles. The van der Waals surface area contributed by atoms with Crippen molar-refractivity contribution < 1.29 is 9.53 Å². The molecule has 0 radical (unpaired) electrons. The van der Waals surface area contributed by atoms with E-state index < -0.39 is 0 Å². The highest BCUT2D eigenvalue weighted by molar-refractivity contribution is 6.30. The summed E-state index contributed by atoms with van der Waals surface area (Å²) in [5.74, 6) is 0.551. The third-order valence-electron chi connectivity index (χ3n) is 4.06. The van der Waals surface area contributed by atoms with E-state index in [0.29, 0.717) is 11.1 Å². The number of amides is 1. The van der Waals surface area contributed by atoms with Gasteiger partial charge in [0.2, 0.25) is 5.91 Å². The molecule has 1 N–H and O–H groups in total. The summed E-state index contributed by atoms with van der Waals surface area (Å²) < 4.78 is 7.96. The molecule has 0 bridgehead atoms. The first-order valence-corrected chi connectivity index (χ1v) is 8.27. The second kappa shape index (κ2) is 7.01. The molecule has 1 aromatic heterocycles. The molecule has 6 heteroatoms. The summed E-state index contributed by atoms with van der Waals surface area (Å²) >= 11 is 6.39. The summed E-state index contributed by atoms with van der Waals surface area (Å²) in [6.07, 6.45) is 2.58. The standard InChI is InChI=1S/C16H26ClN3O2/c1-9(2)6-13-7-12(18-11(4)21)8-14(22-13)15-10(3)19-20(5)16(15)17/h9,12-14H,6-8H2,1-5H3,(H,18,21)/t12-,13+,14+/m0/s1. The second-order valence-corrected chi connectivity index (χ2v) is 7.02. The summed E-state index contributed by atoms with van der Waals surface area (Å²) in [7, 11) is 1.83. The molecule has 1 aliphatic rings. The maximum atomic E-state index is 11.4. The molecule has 3 atom stereocenters. The summed E-state index contributed by atoms with van der Waals surface area (Å²) in [6.45, 7) is 7.87. The lowest BCUT2D eigenvalue weighted by Crippen LogP contribution is -2.42. The summed E-state index contributed by atoms with van der Waals surface area (Å²) in [4.78, 5) is 11.4. The van der Waals surface area contributed by atoms with Crippen LogP contribution >= 0.6 is 11.6 Å². The fraction of sp³-hybridized carbons (Fsp3) is 0.750. The molecular formula is C16H26ClN3O2. The van der Waals surface area contributed by atoms with Crippen molar-refractivity contribution in [3.8, 4) is 0 Å². The van der Waals surface area contributed by atoms with E-state index >= 15 is 0 Å². The normalized spacial score (nSPS) is 25.5. The largest absolute Gasteiger partial charge is 0.370 e. The lowest BCUT2D eigenvalue weighted by Gasteiger charge is -2.36. The first-order valence-electron chi connectivity index (χ1n) is 7.89. The van der Waals surface area contributed by atoms with Gasteiger partial charge in [-0.2, -0.15) is 5.10 Å². The molecule has 1 aliphatic heterocycles. The second-order valence-electron chi connectivity index (χ2n) is 6.66. The van der Waals surface area contributed by atoms with E-state index in [4.69, 9.17) is 16.3 Å². The molecule has 1 saturated heterocycles. The van der Waals surface area contributed by atoms with Gasteiger partial charge in [0.25, 0.3) is 0 Å². The number of nitrogens with zero attached hydrogens (tertiary/aromatic N) is 2. The van der Waals surface area contributed by atoms with Crippen LogP contribution in [0.25, 0.3) is 0 Å². The average molecular weight is 328 g/mol. The molecule has 5 nitrogen and oxygen atoms in total. The summed E-state index contributed by atoms with van der Waals surface area (Å²) in [5, 5.41) is 8.04. The third kappa shape index (κ3) is 4.02. The minimum Gasteiger partial charge on any atom is -0.370 e. The monoisotopic (exact) mass is 327 g/mol. The molecule has 1 amide bonds. The number of hydrogen-bond donors (Lipinski definition) is 1. The zero-order valence-electron chi connectivity index (χ0n) is 14.0. The number of nitrogens with one attached hydrogen (secondary N) is 1. The SMILES string of the molecule is CC(=O)N[C@H]1C[C@@H](CC(C)C)O[C@@H](c2c(C)nn(C)c2Cl)C1. The van der Waals surface area contributed by atoms with Gasteiger partial charge in [-0.3, -0.25) is 9.48 Å². The fourth-order valence-electron chi connectivity index (χ4n) is 3.30. The summed E-state index contributed by atoms with van der Waals surface area (Å²) in [6, 6.07) is 0.121. The number of carbonyl (C=O) groups excluding carboxylic acids is 1. The molecule has 2 rings (SSSR count). The van der Waals surface area contributed by atoms with E-state index in [-0.39, 0.29) is 24.2 Å². The number of aryl methyl sites for hydroxylation is 2.